The first-order valence-electron chi connectivity index (χ1n) is 8.55. The standard InChI is InChI=1S/C21H27N3O2.HI/c1-5-9-18-12-17(13-19(25-3)20(18)26-4)15-24-21(22-2)23-14-16-10-7-6-8-11-16;/h5-8,10-13H,1,9,14-15H2,2-4H3,(H2,22,23,24);1H. The van der Waals surface area contributed by atoms with Gasteiger partial charge in [0.15, 0.2) is 17.5 Å². The van der Waals surface area contributed by atoms with E-state index in [1.807, 2.05) is 30.3 Å². The molecule has 5 nitrogen and oxygen atoms in total. The second-order valence-electron chi connectivity index (χ2n) is 5.75. The van der Waals surface area contributed by atoms with Crippen LogP contribution < -0.4 is 20.1 Å². The van der Waals surface area contributed by atoms with E-state index in [1.165, 1.54) is 5.56 Å². The van der Waals surface area contributed by atoms with Gasteiger partial charge in [0.05, 0.1) is 14.2 Å². The fourth-order valence-electron chi connectivity index (χ4n) is 2.70. The van der Waals surface area contributed by atoms with Crippen LogP contribution in [0, 0.1) is 0 Å². The molecule has 0 saturated heterocycles. The molecular weight excluding hydrogens is 453 g/mol. The van der Waals surface area contributed by atoms with E-state index >= 15 is 0 Å². The summed E-state index contributed by atoms with van der Waals surface area (Å²) in [5.41, 5.74) is 3.34. The Kier molecular flexibility index (Phi) is 10.3. The zero-order valence-electron chi connectivity index (χ0n) is 16.1. The Bertz CT molecular complexity index is 749. The first-order chi connectivity index (χ1) is 12.7. The maximum Gasteiger partial charge on any atom is 0.191 e. The van der Waals surface area contributed by atoms with Crippen molar-refractivity contribution >= 4 is 29.9 Å². The molecule has 0 radical (unpaired) electrons. The van der Waals surface area contributed by atoms with Gasteiger partial charge in [0.25, 0.3) is 0 Å². The molecule has 0 aromatic heterocycles. The van der Waals surface area contributed by atoms with Gasteiger partial charge < -0.3 is 20.1 Å². The highest BCUT2D eigenvalue weighted by molar-refractivity contribution is 14.0. The summed E-state index contributed by atoms with van der Waals surface area (Å²) in [5.74, 6) is 2.22. The molecule has 0 aliphatic heterocycles. The van der Waals surface area contributed by atoms with Crippen molar-refractivity contribution in [2.75, 3.05) is 21.3 Å². The molecule has 146 valence electrons. The third-order valence-electron chi connectivity index (χ3n) is 3.97. The Morgan fingerprint density at radius 2 is 1.70 bits per heavy atom. The van der Waals surface area contributed by atoms with Gasteiger partial charge in [-0.1, -0.05) is 36.4 Å². The molecular formula is C21H28IN3O2. The summed E-state index contributed by atoms with van der Waals surface area (Å²) >= 11 is 0. The Labute approximate surface area is 178 Å². The van der Waals surface area contributed by atoms with Crippen molar-refractivity contribution in [3.05, 3.63) is 71.8 Å². The highest BCUT2D eigenvalue weighted by Crippen LogP contribution is 2.33. The molecule has 0 amide bonds. The van der Waals surface area contributed by atoms with E-state index in [0.717, 1.165) is 28.6 Å². The third-order valence-corrected chi connectivity index (χ3v) is 3.97. The number of hydrogen-bond acceptors (Lipinski definition) is 3. The van der Waals surface area contributed by atoms with Crippen molar-refractivity contribution in [1.29, 1.82) is 0 Å². The number of methoxy groups -OCH3 is 2. The van der Waals surface area contributed by atoms with Crippen LogP contribution in [0.2, 0.25) is 0 Å². The molecule has 0 fully saturated rings. The highest BCUT2D eigenvalue weighted by atomic mass is 127. The van der Waals surface area contributed by atoms with Crippen LogP contribution in [0.5, 0.6) is 11.5 Å². The molecule has 0 heterocycles. The lowest BCUT2D eigenvalue weighted by molar-refractivity contribution is 0.352. The summed E-state index contributed by atoms with van der Waals surface area (Å²) in [6, 6.07) is 14.3. The number of nitrogens with zero attached hydrogens (tertiary/aromatic N) is 1. The van der Waals surface area contributed by atoms with Crippen LogP contribution in [-0.2, 0) is 19.5 Å². The van der Waals surface area contributed by atoms with Crippen LogP contribution in [-0.4, -0.2) is 27.2 Å². The summed E-state index contributed by atoms with van der Waals surface area (Å²) in [5, 5.41) is 6.64. The lowest BCUT2D eigenvalue weighted by Crippen LogP contribution is -2.36. The summed E-state index contributed by atoms with van der Waals surface area (Å²) in [7, 11) is 5.06. The third kappa shape index (κ3) is 6.78. The maximum absolute atomic E-state index is 5.48. The van der Waals surface area contributed by atoms with Gasteiger partial charge in [-0.15, -0.1) is 30.6 Å². The summed E-state index contributed by atoms with van der Waals surface area (Å²) < 4.78 is 10.9. The quantitative estimate of drug-likeness (QED) is 0.260. The van der Waals surface area contributed by atoms with Crippen molar-refractivity contribution < 1.29 is 9.47 Å². The van der Waals surface area contributed by atoms with Crippen LogP contribution in [0.3, 0.4) is 0 Å². The maximum atomic E-state index is 5.48. The molecule has 0 atom stereocenters. The summed E-state index contributed by atoms with van der Waals surface area (Å²) in [4.78, 5) is 4.28. The number of nitrogens with one attached hydrogen (secondary N) is 2. The zero-order chi connectivity index (χ0) is 18.8. The second-order valence-corrected chi connectivity index (χ2v) is 5.75. The van der Waals surface area contributed by atoms with Crippen LogP contribution in [0.4, 0.5) is 0 Å². The van der Waals surface area contributed by atoms with Gasteiger partial charge >= 0.3 is 0 Å². The second kappa shape index (κ2) is 12.2. The van der Waals surface area contributed by atoms with Crippen LogP contribution in [0.15, 0.2) is 60.1 Å². The predicted molar refractivity (Wildman–Crippen MR) is 122 cm³/mol. The molecule has 0 spiro atoms. The summed E-state index contributed by atoms with van der Waals surface area (Å²) in [6.45, 7) is 5.16. The minimum absolute atomic E-state index is 0. The molecule has 0 aliphatic carbocycles. The van der Waals surface area contributed by atoms with E-state index in [1.54, 1.807) is 21.3 Å². The van der Waals surface area contributed by atoms with Gasteiger partial charge in [-0.3, -0.25) is 4.99 Å². The van der Waals surface area contributed by atoms with Crippen LogP contribution >= 0.6 is 24.0 Å². The molecule has 0 unspecified atom stereocenters. The first kappa shape index (κ1) is 22.8. The van der Waals surface area contributed by atoms with E-state index in [-0.39, 0.29) is 24.0 Å². The fraction of sp³-hybridized carbons (Fsp3) is 0.286. The van der Waals surface area contributed by atoms with Crippen molar-refractivity contribution in [2.24, 2.45) is 4.99 Å². The van der Waals surface area contributed by atoms with Crippen molar-refractivity contribution in [2.45, 2.75) is 19.5 Å². The van der Waals surface area contributed by atoms with Gasteiger partial charge in [-0.2, -0.15) is 0 Å². The topological polar surface area (TPSA) is 54.9 Å². The molecule has 6 heteroatoms. The Hall–Kier alpha value is -2.22. The first-order valence-corrected chi connectivity index (χ1v) is 8.55. The number of rotatable bonds is 8. The van der Waals surface area contributed by atoms with Crippen molar-refractivity contribution in [1.82, 2.24) is 10.6 Å². The normalized spacial score (nSPS) is 10.6. The van der Waals surface area contributed by atoms with E-state index in [0.29, 0.717) is 19.5 Å². The molecule has 0 bridgehead atoms. The SMILES string of the molecule is C=CCc1cc(CNC(=NC)NCc2ccccc2)cc(OC)c1OC.I. The van der Waals surface area contributed by atoms with Gasteiger partial charge in [0.1, 0.15) is 0 Å². The van der Waals surface area contributed by atoms with Gasteiger partial charge in [-0.05, 0) is 29.7 Å². The molecule has 2 rings (SSSR count). The smallest absolute Gasteiger partial charge is 0.191 e. The summed E-state index contributed by atoms with van der Waals surface area (Å²) in [6.07, 6.45) is 2.57. The Balaban J connectivity index is 0.00000364. The van der Waals surface area contributed by atoms with E-state index in [9.17, 15) is 0 Å². The van der Waals surface area contributed by atoms with E-state index in [4.69, 9.17) is 9.47 Å². The highest BCUT2D eigenvalue weighted by Gasteiger charge is 2.12. The largest absolute Gasteiger partial charge is 0.493 e. The van der Waals surface area contributed by atoms with Crippen LogP contribution in [0.25, 0.3) is 0 Å². The van der Waals surface area contributed by atoms with E-state index < -0.39 is 0 Å². The number of allylic oxidation sites excluding steroid dienone is 1. The molecule has 2 N–H and O–H groups in total. The number of halogens is 1. The molecule has 0 aliphatic rings. The number of aliphatic imine (C=N–C) groups is 1. The van der Waals surface area contributed by atoms with Crippen molar-refractivity contribution in [3.63, 3.8) is 0 Å². The van der Waals surface area contributed by atoms with Gasteiger partial charge in [0.2, 0.25) is 0 Å². The van der Waals surface area contributed by atoms with Crippen LogP contribution in [0.1, 0.15) is 16.7 Å². The van der Waals surface area contributed by atoms with Gasteiger partial charge in [0, 0.05) is 25.7 Å². The zero-order valence-corrected chi connectivity index (χ0v) is 18.4. The lowest BCUT2D eigenvalue weighted by Gasteiger charge is -2.16. The number of hydrogen-bond donors (Lipinski definition) is 2. The molecule has 0 saturated carbocycles. The monoisotopic (exact) mass is 481 g/mol. The Morgan fingerprint density at radius 1 is 1.04 bits per heavy atom. The number of ether oxygens (including phenoxy) is 2. The molecule has 27 heavy (non-hydrogen) atoms. The minimum atomic E-state index is 0. The average Bonchev–Trinajstić information content (AvgIpc) is 2.68. The molecule has 2 aromatic carbocycles. The predicted octanol–water partition coefficient (Wildman–Crippen LogP) is 3.92. The lowest BCUT2D eigenvalue weighted by atomic mass is 10.1. The minimum Gasteiger partial charge on any atom is -0.493 e. The number of guanidine groups is 1. The average molecular weight is 481 g/mol. The Morgan fingerprint density at radius 3 is 2.26 bits per heavy atom. The van der Waals surface area contributed by atoms with E-state index in [2.05, 4.69) is 40.4 Å². The molecule has 2 aromatic rings. The fourth-order valence-corrected chi connectivity index (χ4v) is 2.70. The van der Waals surface area contributed by atoms with Gasteiger partial charge in [-0.25, -0.2) is 0 Å². The van der Waals surface area contributed by atoms with Crippen molar-refractivity contribution in [3.8, 4) is 11.5 Å². The number of benzene rings is 2.